The molecule has 0 radical (unpaired) electrons. The smallest absolute Gasteiger partial charge is 0.192 e. The number of fused-ring (bicyclic) bond motifs is 1. The van der Waals surface area contributed by atoms with E-state index < -0.39 is 8.32 Å². The topological polar surface area (TPSA) is 26.3 Å². The third-order valence-electron chi connectivity index (χ3n) is 5.16. The Morgan fingerprint density at radius 2 is 1.91 bits per heavy atom. The molecule has 0 fully saturated rings. The van der Waals surface area contributed by atoms with Gasteiger partial charge in [-0.2, -0.15) is 0 Å². The number of Topliss-reactive ketones (excluding diaryl/α,β-unsaturated/α-hetero) is 1. The average molecular weight is 383 g/mol. The van der Waals surface area contributed by atoms with Crippen LogP contribution < -0.4 is 0 Å². The third-order valence-corrected chi connectivity index (χ3v) is 10.1. The Kier molecular flexibility index (Phi) is 4.78. The fourth-order valence-electron chi connectivity index (χ4n) is 2.64. The molecule has 2 nitrogen and oxygen atoms in total. The van der Waals surface area contributed by atoms with Crippen molar-refractivity contribution in [3.63, 3.8) is 0 Å². The Bertz CT molecular complexity index is 589. The van der Waals surface area contributed by atoms with Gasteiger partial charge in [-0.1, -0.05) is 49.7 Å². The molecule has 0 amide bonds. The maximum Gasteiger partial charge on any atom is 0.192 e. The fourth-order valence-corrected chi connectivity index (χ4v) is 4.14. The average Bonchev–Trinajstić information content (AvgIpc) is 2.37. The summed E-state index contributed by atoms with van der Waals surface area (Å²) in [5.41, 5.74) is 1.94. The number of carbonyl (C=O) groups excluding carboxylic acids is 1. The van der Waals surface area contributed by atoms with Crippen LogP contribution in [-0.2, 0) is 10.8 Å². The predicted molar refractivity (Wildman–Crippen MR) is 98.0 cm³/mol. The van der Waals surface area contributed by atoms with E-state index in [0.717, 1.165) is 22.0 Å². The first-order chi connectivity index (χ1) is 9.94. The van der Waals surface area contributed by atoms with Gasteiger partial charge in [0.2, 0.25) is 0 Å². The molecule has 1 aliphatic rings. The summed E-state index contributed by atoms with van der Waals surface area (Å²) in [6.07, 6.45) is 1.49. The Hall–Kier alpha value is -0.453. The zero-order valence-electron chi connectivity index (χ0n) is 14.5. The highest BCUT2D eigenvalue weighted by Gasteiger charge is 2.41. The van der Waals surface area contributed by atoms with E-state index in [1.54, 1.807) is 0 Å². The summed E-state index contributed by atoms with van der Waals surface area (Å²) in [5.74, 6) is 0.240. The number of rotatable bonds is 3. The second-order valence-electron chi connectivity index (χ2n) is 8.44. The Labute approximate surface area is 143 Å². The number of carbonyl (C=O) groups is 1. The van der Waals surface area contributed by atoms with E-state index in [0.29, 0.717) is 13.0 Å². The highest BCUT2D eigenvalue weighted by Crippen LogP contribution is 2.41. The molecular weight excluding hydrogens is 356 g/mol. The van der Waals surface area contributed by atoms with E-state index in [1.807, 2.05) is 12.1 Å². The summed E-state index contributed by atoms with van der Waals surface area (Å²) in [6, 6.07) is 6.04. The SMILES string of the molecule is CC1(CO[Si](C)(C)C(C)(C)C)CC(=O)c2cc(Br)ccc2C1. The normalized spacial score (nSPS) is 22.6. The molecule has 122 valence electrons. The highest BCUT2D eigenvalue weighted by molar-refractivity contribution is 9.10. The van der Waals surface area contributed by atoms with Crippen LogP contribution in [0, 0.1) is 5.41 Å². The maximum atomic E-state index is 12.5. The number of ketones is 1. The molecular formula is C18H27BrO2Si. The van der Waals surface area contributed by atoms with Crippen LogP contribution in [0.5, 0.6) is 0 Å². The molecule has 0 aliphatic heterocycles. The van der Waals surface area contributed by atoms with Crippen molar-refractivity contribution in [2.24, 2.45) is 5.41 Å². The molecule has 1 unspecified atom stereocenters. The summed E-state index contributed by atoms with van der Waals surface area (Å²) in [6.45, 7) is 14.1. The van der Waals surface area contributed by atoms with Crippen molar-refractivity contribution in [3.8, 4) is 0 Å². The fraction of sp³-hybridized carbons (Fsp3) is 0.611. The molecule has 0 saturated carbocycles. The first-order valence-electron chi connectivity index (χ1n) is 7.89. The molecule has 1 aromatic rings. The van der Waals surface area contributed by atoms with E-state index in [9.17, 15) is 4.79 Å². The zero-order chi connectivity index (χ0) is 16.8. The number of hydrogen-bond acceptors (Lipinski definition) is 2. The van der Waals surface area contributed by atoms with Gasteiger partial charge >= 0.3 is 0 Å². The van der Waals surface area contributed by atoms with Crippen molar-refractivity contribution in [1.82, 2.24) is 0 Å². The molecule has 0 aromatic heterocycles. The quantitative estimate of drug-likeness (QED) is 0.635. The lowest BCUT2D eigenvalue weighted by molar-refractivity contribution is 0.0802. The van der Waals surface area contributed by atoms with Crippen molar-refractivity contribution in [3.05, 3.63) is 33.8 Å². The van der Waals surface area contributed by atoms with E-state index in [-0.39, 0.29) is 16.2 Å². The Balaban J connectivity index is 2.16. The number of hydrogen-bond donors (Lipinski definition) is 0. The lowest BCUT2D eigenvalue weighted by Crippen LogP contribution is -2.45. The second-order valence-corrected chi connectivity index (χ2v) is 14.2. The minimum atomic E-state index is -1.78. The molecule has 1 atom stereocenters. The van der Waals surface area contributed by atoms with Gasteiger partial charge in [-0.3, -0.25) is 4.79 Å². The van der Waals surface area contributed by atoms with Gasteiger partial charge in [-0.15, -0.1) is 0 Å². The van der Waals surface area contributed by atoms with Crippen LogP contribution >= 0.6 is 15.9 Å². The van der Waals surface area contributed by atoms with Crippen LogP contribution in [0.4, 0.5) is 0 Å². The first-order valence-corrected chi connectivity index (χ1v) is 11.6. The summed E-state index contributed by atoms with van der Waals surface area (Å²) in [4.78, 5) is 12.5. The van der Waals surface area contributed by atoms with Crippen LogP contribution in [0.3, 0.4) is 0 Å². The van der Waals surface area contributed by atoms with Gasteiger partial charge in [-0.25, -0.2) is 0 Å². The lowest BCUT2D eigenvalue weighted by Gasteiger charge is -2.41. The Morgan fingerprint density at radius 1 is 1.27 bits per heavy atom. The summed E-state index contributed by atoms with van der Waals surface area (Å²) >= 11 is 3.45. The molecule has 1 aromatic carbocycles. The summed E-state index contributed by atoms with van der Waals surface area (Å²) in [7, 11) is -1.78. The monoisotopic (exact) mass is 382 g/mol. The predicted octanol–water partition coefficient (Wildman–Crippen LogP) is 5.61. The Morgan fingerprint density at radius 3 is 2.50 bits per heavy atom. The standard InChI is InChI=1S/C18H27BrO2Si/c1-17(2,3)22(5,6)21-12-18(4)10-13-7-8-14(19)9-15(13)16(20)11-18/h7-9H,10-12H2,1-6H3. The van der Waals surface area contributed by atoms with Crippen molar-refractivity contribution in [2.45, 2.75) is 58.7 Å². The van der Waals surface area contributed by atoms with Crippen molar-refractivity contribution >= 4 is 30.0 Å². The van der Waals surface area contributed by atoms with Crippen LogP contribution in [-0.4, -0.2) is 20.7 Å². The molecule has 0 spiro atoms. The third kappa shape index (κ3) is 3.71. The molecule has 0 heterocycles. The molecule has 22 heavy (non-hydrogen) atoms. The summed E-state index contributed by atoms with van der Waals surface area (Å²) in [5, 5.41) is 0.199. The maximum absolute atomic E-state index is 12.5. The van der Waals surface area contributed by atoms with Gasteiger partial charge in [0.15, 0.2) is 14.1 Å². The highest BCUT2D eigenvalue weighted by atomic mass is 79.9. The van der Waals surface area contributed by atoms with Crippen LogP contribution in [0.25, 0.3) is 0 Å². The van der Waals surface area contributed by atoms with Crippen molar-refractivity contribution < 1.29 is 9.22 Å². The molecule has 1 aliphatic carbocycles. The van der Waals surface area contributed by atoms with Gasteiger partial charge in [0, 0.05) is 28.5 Å². The van der Waals surface area contributed by atoms with E-state index >= 15 is 0 Å². The minimum absolute atomic E-state index is 0.0898. The molecule has 0 N–H and O–H groups in total. The minimum Gasteiger partial charge on any atom is -0.416 e. The van der Waals surface area contributed by atoms with Crippen LogP contribution in [0.15, 0.2) is 22.7 Å². The van der Waals surface area contributed by atoms with E-state index in [1.165, 1.54) is 0 Å². The molecule has 0 saturated heterocycles. The lowest BCUT2D eigenvalue weighted by atomic mass is 9.73. The molecule has 0 bridgehead atoms. The largest absolute Gasteiger partial charge is 0.416 e. The summed E-state index contributed by atoms with van der Waals surface area (Å²) < 4.78 is 7.37. The van der Waals surface area contributed by atoms with Crippen LogP contribution in [0.2, 0.25) is 18.1 Å². The van der Waals surface area contributed by atoms with Crippen LogP contribution in [0.1, 0.15) is 50.0 Å². The molecule has 4 heteroatoms. The van der Waals surface area contributed by atoms with Gasteiger partial charge in [-0.05, 0) is 42.2 Å². The van der Waals surface area contributed by atoms with Gasteiger partial charge in [0.25, 0.3) is 0 Å². The number of halogens is 1. The second kappa shape index (κ2) is 5.88. The van der Waals surface area contributed by atoms with E-state index in [2.05, 4.69) is 62.8 Å². The first kappa shape index (κ1) is 17.9. The van der Waals surface area contributed by atoms with E-state index in [4.69, 9.17) is 4.43 Å². The molecule has 2 rings (SSSR count). The van der Waals surface area contributed by atoms with Gasteiger partial charge in [0.05, 0.1) is 0 Å². The zero-order valence-corrected chi connectivity index (χ0v) is 17.1. The number of benzene rings is 1. The van der Waals surface area contributed by atoms with Gasteiger partial charge < -0.3 is 4.43 Å². The van der Waals surface area contributed by atoms with Crippen molar-refractivity contribution in [2.75, 3.05) is 6.61 Å². The van der Waals surface area contributed by atoms with Crippen molar-refractivity contribution in [1.29, 1.82) is 0 Å². The van der Waals surface area contributed by atoms with Gasteiger partial charge in [0.1, 0.15) is 0 Å².